The smallest absolute Gasteiger partial charge is 0.237 e. The van der Waals surface area contributed by atoms with E-state index in [-0.39, 0.29) is 12.5 Å². The van der Waals surface area contributed by atoms with Crippen LogP contribution in [0.1, 0.15) is 11.1 Å². The van der Waals surface area contributed by atoms with E-state index in [1.54, 1.807) is 0 Å². The zero-order valence-electron chi connectivity index (χ0n) is 11.4. The van der Waals surface area contributed by atoms with E-state index in [2.05, 4.69) is 5.32 Å². The van der Waals surface area contributed by atoms with Gasteiger partial charge in [0.25, 0.3) is 0 Å². The highest BCUT2D eigenvalue weighted by Crippen LogP contribution is 2.08. The first-order valence-corrected chi connectivity index (χ1v) is 6.57. The standard InChI is InChI=1S/C16H16F2N2O/c17-13-7-6-12(8-14(13)18)10-20-16(21)15(19)9-11-4-2-1-3-5-11/h1-8,15H,9-10,19H2,(H,20,21)/t15-/m0/s1. The van der Waals surface area contributed by atoms with Crippen LogP contribution in [0.15, 0.2) is 48.5 Å². The Morgan fingerprint density at radius 2 is 1.76 bits per heavy atom. The lowest BCUT2D eigenvalue weighted by Gasteiger charge is -2.12. The van der Waals surface area contributed by atoms with Crippen LogP contribution in [-0.4, -0.2) is 11.9 Å². The van der Waals surface area contributed by atoms with Crippen molar-refractivity contribution in [2.45, 2.75) is 19.0 Å². The quantitative estimate of drug-likeness (QED) is 0.886. The molecule has 2 aromatic carbocycles. The largest absolute Gasteiger partial charge is 0.351 e. The van der Waals surface area contributed by atoms with Gasteiger partial charge in [-0.1, -0.05) is 36.4 Å². The molecule has 0 aromatic heterocycles. The second-order valence-electron chi connectivity index (χ2n) is 4.76. The van der Waals surface area contributed by atoms with Gasteiger partial charge in [0.1, 0.15) is 0 Å². The van der Waals surface area contributed by atoms with Gasteiger partial charge in [-0.2, -0.15) is 0 Å². The number of carbonyl (C=O) groups is 1. The molecule has 5 heteroatoms. The third-order valence-electron chi connectivity index (χ3n) is 3.09. The Kier molecular flexibility index (Phi) is 5.00. The van der Waals surface area contributed by atoms with Crippen LogP contribution in [-0.2, 0) is 17.8 Å². The van der Waals surface area contributed by atoms with Gasteiger partial charge in [0.05, 0.1) is 6.04 Å². The summed E-state index contributed by atoms with van der Waals surface area (Å²) in [5, 5.41) is 2.61. The number of rotatable bonds is 5. The van der Waals surface area contributed by atoms with Gasteiger partial charge in [-0.05, 0) is 29.7 Å². The molecule has 21 heavy (non-hydrogen) atoms. The lowest BCUT2D eigenvalue weighted by Crippen LogP contribution is -2.41. The molecular weight excluding hydrogens is 274 g/mol. The lowest BCUT2D eigenvalue weighted by molar-refractivity contribution is -0.122. The van der Waals surface area contributed by atoms with Gasteiger partial charge in [0, 0.05) is 6.54 Å². The second-order valence-corrected chi connectivity index (χ2v) is 4.76. The first-order chi connectivity index (χ1) is 10.1. The Morgan fingerprint density at radius 3 is 2.43 bits per heavy atom. The second kappa shape index (κ2) is 6.95. The number of hydrogen-bond acceptors (Lipinski definition) is 2. The van der Waals surface area contributed by atoms with Crippen molar-refractivity contribution in [3.8, 4) is 0 Å². The Labute approximate surface area is 121 Å². The van der Waals surface area contributed by atoms with Crippen LogP contribution in [0, 0.1) is 11.6 Å². The van der Waals surface area contributed by atoms with Crippen LogP contribution in [0.3, 0.4) is 0 Å². The summed E-state index contributed by atoms with van der Waals surface area (Å²) < 4.78 is 25.8. The maximum absolute atomic E-state index is 13.0. The van der Waals surface area contributed by atoms with E-state index in [4.69, 9.17) is 5.73 Å². The van der Waals surface area contributed by atoms with Crippen LogP contribution in [0.5, 0.6) is 0 Å². The Balaban J connectivity index is 1.87. The fourth-order valence-corrected chi connectivity index (χ4v) is 1.93. The average Bonchev–Trinajstić information content (AvgIpc) is 2.49. The van der Waals surface area contributed by atoms with E-state index in [9.17, 15) is 13.6 Å². The summed E-state index contributed by atoms with van der Waals surface area (Å²) in [7, 11) is 0. The van der Waals surface area contributed by atoms with E-state index in [1.807, 2.05) is 30.3 Å². The molecule has 0 aliphatic carbocycles. The van der Waals surface area contributed by atoms with Gasteiger partial charge in [-0.25, -0.2) is 8.78 Å². The molecule has 2 rings (SSSR count). The number of amides is 1. The Hall–Kier alpha value is -2.27. The maximum Gasteiger partial charge on any atom is 0.237 e. The zero-order chi connectivity index (χ0) is 15.2. The zero-order valence-corrected chi connectivity index (χ0v) is 11.4. The molecule has 0 radical (unpaired) electrons. The molecule has 0 fully saturated rings. The van der Waals surface area contributed by atoms with Crippen molar-refractivity contribution >= 4 is 5.91 Å². The molecule has 0 bridgehead atoms. The summed E-state index contributed by atoms with van der Waals surface area (Å²) in [5.41, 5.74) is 7.27. The van der Waals surface area contributed by atoms with E-state index in [0.29, 0.717) is 12.0 Å². The molecule has 110 valence electrons. The molecule has 0 unspecified atom stereocenters. The van der Waals surface area contributed by atoms with Crippen molar-refractivity contribution in [2.75, 3.05) is 0 Å². The summed E-state index contributed by atoms with van der Waals surface area (Å²) in [6, 6.07) is 12.2. The third kappa shape index (κ3) is 4.36. The van der Waals surface area contributed by atoms with Gasteiger partial charge in [-0.3, -0.25) is 4.79 Å². The predicted octanol–water partition coefficient (Wildman–Crippen LogP) is 2.15. The third-order valence-corrected chi connectivity index (χ3v) is 3.09. The minimum Gasteiger partial charge on any atom is -0.351 e. The minimum absolute atomic E-state index is 0.110. The van der Waals surface area contributed by atoms with Crippen LogP contribution in [0.2, 0.25) is 0 Å². The molecule has 0 heterocycles. The molecule has 3 nitrogen and oxygen atoms in total. The first kappa shape index (κ1) is 15.1. The monoisotopic (exact) mass is 290 g/mol. The molecule has 2 aromatic rings. The summed E-state index contributed by atoms with van der Waals surface area (Å²) in [4.78, 5) is 11.9. The summed E-state index contributed by atoms with van der Waals surface area (Å²) in [6.45, 7) is 0.110. The minimum atomic E-state index is -0.935. The topological polar surface area (TPSA) is 55.1 Å². The molecule has 0 spiro atoms. The molecule has 0 saturated heterocycles. The molecule has 1 atom stereocenters. The molecule has 3 N–H and O–H groups in total. The number of halogens is 2. The van der Waals surface area contributed by atoms with E-state index in [0.717, 1.165) is 17.7 Å². The number of carbonyl (C=O) groups excluding carboxylic acids is 1. The van der Waals surface area contributed by atoms with Crippen LogP contribution in [0.25, 0.3) is 0 Å². The van der Waals surface area contributed by atoms with E-state index < -0.39 is 17.7 Å². The molecular formula is C16H16F2N2O. The van der Waals surface area contributed by atoms with Crippen molar-refractivity contribution in [1.82, 2.24) is 5.32 Å². The number of benzene rings is 2. The van der Waals surface area contributed by atoms with Gasteiger partial charge in [-0.15, -0.1) is 0 Å². The summed E-state index contributed by atoms with van der Waals surface area (Å²) >= 11 is 0. The average molecular weight is 290 g/mol. The van der Waals surface area contributed by atoms with Crippen LogP contribution in [0.4, 0.5) is 8.78 Å². The van der Waals surface area contributed by atoms with E-state index in [1.165, 1.54) is 6.07 Å². The molecule has 0 aliphatic rings. The summed E-state index contributed by atoms with van der Waals surface area (Å²) in [5.74, 6) is -2.18. The fourth-order valence-electron chi connectivity index (χ4n) is 1.93. The first-order valence-electron chi connectivity index (χ1n) is 6.57. The van der Waals surface area contributed by atoms with Crippen molar-refractivity contribution in [1.29, 1.82) is 0 Å². The lowest BCUT2D eigenvalue weighted by atomic mass is 10.1. The SMILES string of the molecule is N[C@@H](Cc1ccccc1)C(=O)NCc1ccc(F)c(F)c1. The Bertz CT molecular complexity index is 617. The fraction of sp³-hybridized carbons (Fsp3) is 0.188. The van der Waals surface area contributed by atoms with Gasteiger partial charge in [0.2, 0.25) is 5.91 Å². The Morgan fingerprint density at radius 1 is 1.05 bits per heavy atom. The summed E-state index contributed by atoms with van der Waals surface area (Å²) in [6.07, 6.45) is 0.421. The number of nitrogens with two attached hydrogens (primary N) is 1. The number of nitrogens with one attached hydrogen (secondary N) is 1. The normalized spacial score (nSPS) is 12.0. The van der Waals surface area contributed by atoms with E-state index >= 15 is 0 Å². The highest BCUT2D eigenvalue weighted by atomic mass is 19.2. The molecule has 1 amide bonds. The molecule has 0 aliphatic heterocycles. The van der Waals surface area contributed by atoms with Crippen molar-refractivity contribution in [2.24, 2.45) is 5.73 Å². The number of hydrogen-bond donors (Lipinski definition) is 2. The van der Waals surface area contributed by atoms with Crippen molar-refractivity contribution in [3.63, 3.8) is 0 Å². The van der Waals surface area contributed by atoms with Gasteiger partial charge in [0.15, 0.2) is 11.6 Å². The van der Waals surface area contributed by atoms with Crippen molar-refractivity contribution in [3.05, 3.63) is 71.3 Å². The van der Waals surface area contributed by atoms with Crippen LogP contribution >= 0.6 is 0 Å². The highest BCUT2D eigenvalue weighted by Gasteiger charge is 2.13. The molecule has 0 saturated carbocycles. The predicted molar refractivity (Wildman–Crippen MR) is 76.3 cm³/mol. The van der Waals surface area contributed by atoms with Crippen LogP contribution < -0.4 is 11.1 Å². The highest BCUT2D eigenvalue weighted by molar-refractivity contribution is 5.81. The van der Waals surface area contributed by atoms with Gasteiger partial charge < -0.3 is 11.1 Å². The maximum atomic E-state index is 13.0. The van der Waals surface area contributed by atoms with Crippen molar-refractivity contribution < 1.29 is 13.6 Å². The van der Waals surface area contributed by atoms with Gasteiger partial charge >= 0.3 is 0 Å².